The number of carbonyl (C=O) groups is 1. The second-order valence-corrected chi connectivity index (χ2v) is 2.25. The zero-order valence-electron chi connectivity index (χ0n) is 6.63. The molecule has 0 aliphatic heterocycles. The van der Waals surface area contributed by atoms with Gasteiger partial charge in [-0.3, -0.25) is 4.79 Å². The lowest BCUT2D eigenvalue weighted by Gasteiger charge is -1.82. The van der Waals surface area contributed by atoms with Gasteiger partial charge in [-0.25, -0.2) is 0 Å². The Morgan fingerprint density at radius 3 is 2.70 bits per heavy atom. The summed E-state index contributed by atoms with van der Waals surface area (Å²) in [6.07, 6.45) is 8.91. The van der Waals surface area contributed by atoms with Crippen LogP contribution in [0.4, 0.5) is 0 Å². The van der Waals surface area contributed by atoms with Gasteiger partial charge in [-0.05, 0) is 18.9 Å². The molecule has 0 N–H and O–H groups in total. The summed E-state index contributed by atoms with van der Waals surface area (Å²) in [5.74, 6) is 0. The lowest BCUT2D eigenvalue weighted by Crippen LogP contribution is -1.72. The van der Waals surface area contributed by atoms with E-state index in [1.54, 1.807) is 6.92 Å². The molecule has 56 valence electrons. The van der Waals surface area contributed by atoms with Gasteiger partial charge in [0.2, 0.25) is 0 Å². The van der Waals surface area contributed by atoms with E-state index >= 15 is 0 Å². The van der Waals surface area contributed by atoms with Crippen LogP contribution in [-0.4, -0.2) is 6.29 Å². The van der Waals surface area contributed by atoms with Crippen LogP contribution in [0.2, 0.25) is 0 Å². The standard InChI is InChI=1S/C9H14O/c1-3-4-5-6-7-9(2)8-10/h5-8H,3-4H2,1-2H3. The van der Waals surface area contributed by atoms with Gasteiger partial charge >= 0.3 is 0 Å². The van der Waals surface area contributed by atoms with Crippen LogP contribution in [0.5, 0.6) is 0 Å². The maximum atomic E-state index is 10.1. The van der Waals surface area contributed by atoms with E-state index in [2.05, 4.69) is 13.0 Å². The van der Waals surface area contributed by atoms with E-state index in [0.29, 0.717) is 0 Å². The second-order valence-electron chi connectivity index (χ2n) is 2.25. The van der Waals surface area contributed by atoms with Crippen LogP contribution in [-0.2, 0) is 4.79 Å². The molecule has 0 atom stereocenters. The third kappa shape index (κ3) is 5.29. The van der Waals surface area contributed by atoms with Crippen molar-refractivity contribution in [3.05, 3.63) is 23.8 Å². The number of allylic oxidation sites excluding steroid dienone is 4. The van der Waals surface area contributed by atoms with Crippen molar-refractivity contribution >= 4 is 6.29 Å². The van der Waals surface area contributed by atoms with Crippen molar-refractivity contribution < 1.29 is 4.79 Å². The van der Waals surface area contributed by atoms with Gasteiger partial charge in [0.25, 0.3) is 0 Å². The van der Waals surface area contributed by atoms with Crippen molar-refractivity contribution in [1.29, 1.82) is 0 Å². The Morgan fingerprint density at radius 1 is 1.50 bits per heavy atom. The lowest BCUT2D eigenvalue weighted by molar-refractivity contribution is -0.104. The van der Waals surface area contributed by atoms with Gasteiger partial charge in [0.05, 0.1) is 0 Å². The average molecular weight is 138 g/mol. The highest BCUT2D eigenvalue weighted by atomic mass is 16.1. The van der Waals surface area contributed by atoms with Crippen molar-refractivity contribution in [2.24, 2.45) is 0 Å². The predicted octanol–water partition coefficient (Wildman–Crippen LogP) is 2.49. The molecule has 1 heteroatoms. The minimum atomic E-state index is 0.771. The van der Waals surface area contributed by atoms with E-state index in [4.69, 9.17) is 0 Å². The van der Waals surface area contributed by atoms with Gasteiger partial charge in [0.15, 0.2) is 0 Å². The molecular formula is C9H14O. The average Bonchev–Trinajstić information content (AvgIpc) is 1.98. The molecule has 0 fully saturated rings. The van der Waals surface area contributed by atoms with Crippen molar-refractivity contribution in [2.75, 3.05) is 0 Å². The normalized spacial score (nSPS) is 12.4. The van der Waals surface area contributed by atoms with Gasteiger partial charge in [-0.2, -0.15) is 0 Å². The lowest BCUT2D eigenvalue weighted by atomic mass is 10.2. The third-order valence-electron chi connectivity index (χ3n) is 1.14. The quantitative estimate of drug-likeness (QED) is 0.331. The molecule has 0 aliphatic carbocycles. The largest absolute Gasteiger partial charge is 0.298 e. The molecule has 0 saturated heterocycles. The minimum Gasteiger partial charge on any atom is -0.298 e. The number of aldehydes is 1. The molecule has 0 aliphatic rings. The fourth-order valence-corrected chi connectivity index (χ4v) is 0.522. The first-order valence-corrected chi connectivity index (χ1v) is 3.60. The highest BCUT2D eigenvalue weighted by Crippen LogP contribution is 1.91. The highest BCUT2D eigenvalue weighted by Gasteiger charge is 1.77. The number of hydrogen-bond donors (Lipinski definition) is 0. The highest BCUT2D eigenvalue weighted by molar-refractivity contribution is 5.72. The van der Waals surface area contributed by atoms with Gasteiger partial charge in [-0.15, -0.1) is 0 Å². The van der Waals surface area contributed by atoms with Crippen LogP contribution >= 0.6 is 0 Å². The molecule has 0 spiro atoms. The van der Waals surface area contributed by atoms with Gasteiger partial charge in [0.1, 0.15) is 6.29 Å². The molecule has 10 heavy (non-hydrogen) atoms. The molecule has 0 bridgehead atoms. The number of hydrogen-bond acceptors (Lipinski definition) is 1. The smallest absolute Gasteiger partial charge is 0.145 e. The fraction of sp³-hybridized carbons (Fsp3) is 0.444. The summed E-state index contributed by atoms with van der Waals surface area (Å²) in [6.45, 7) is 3.92. The summed E-state index contributed by atoms with van der Waals surface area (Å²) in [4.78, 5) is 10.1. The Bertz CT molecular complexity index is 143. The van der Waals surface area contributed by atoms with E-state index in [1.165, 1.54) is 0 Å². The summed E-state index contributed by atoms with van der Waals surface area (Å²) < 4.78 is 0. The zero-order chi connectivity index (χ0) is 7.82. The van der Waals surface area contributed by atoms with Crippen LogP contribution in [0.1, 0.15) is 26.7 Å². The maximum Gasteiger partial charge on any atom is 0.145 e. The summed E-state index contributed by atoms with van der Waals surface area (Å²) in [7, 11) is 0. The van der Waals surface area contributed by atoms with Crippen molar-refractivity contribution in [3.8, 4) is 0 Å². The van der Waals surface area contributed by atoms with Crippen LogP contribution in [0.3, 0.4) is 0 Å². The molecule has 0 aromatic rings. The van der Waals surface area contributed by atoms with Crippen LogP contribution in [0, 0.1) is 0 Å². The van der Waals surface area contributed by atoms with Crippen molar-refractivity contribution in [2.45, 2.75) is 26.7 Å². The molecular weight excluding hydrogens is 124 g/mol. The van der Waals surface area contributed by atoms with Gasteiger partial charge in [-0.1, -0.05) is 31.6 Å². The SMILES string of the molecule is CCCC=CC=C(C)C=O. The molecule has 0 heterocycles. The number of rotatable bonds is 4. The Hall–Kier alpha value is -0.850. The van der Waals surface area contributed by atoms with Crippen LogP contribution < -0.4 is 0 Å². The van der Waals surface area contributed by atoms with Gasteiger partial charge in [0, 0.05) is 0 Å². The predicted molar refractivity (Wildman–Crippen MR) is 43.9 cm³/mol. The van der Waals surface area contributed by atoms with E-state index in [1.807, 2.05) is 12.2 Å². The van der Waals surface area contributed by atoms with E-state index in [9.17, 15) is 4.79 Å². The first-order valence-electron chi connectivity index (χ1n) is 3.60. The Labute approximate surface area is 62.4 Å². The first kappa shape index (κ1) is 9.15. The number of carbonyl (C=O) groups excluding carboxylic acids is 1. The van der Waals surface area contributed by atoms with E-state index in [0.717, 1.165) is 24.7 Å². The Morgan fingerprint density at radius 2 is 2.20 bits per heavy atom. The Kier molecular flexibility index (Phi) is 5.74. The summed E-state index contributed by atoms with van der Waals surface area (Å²) in [5.41, 5.74) is 0.771. The molecule has 0 radical (unpaired) electrons. The minimum absolute atomic E-state index is 0.771. The second kappa shape index (κ2) is 6.27. The number of unbranched alkanes of at least 4 members (excludes halogenated alkanes) is 1. The maximum absolute atomic E-state index is 10.1. The van der Waals surface area contributed by atoms with Crippen molar-refractivity contribution in [1.82, 2.24) is 0 Å². The molecule has 0 aromatic carbocycles. The molecule has 0 saturated carbocycles. The molecule has 0 unspecified atom stereocenters. The van der Waals surface area contributed by atoms with Crippen LogP contribution in [0.15, 0.2) is 23.8 Å². The summed E-state index contributed by atoms with van der Waals surface area (Å²) >= 11 is 0. The molecule has 0 rings (SSSR count). The third-order valence-corrected chi connectivity index (χ3v) is 1.14. The molecule has 0 amide bonds. The summed E-state index contributed by atoms with van der Waals surface area (Å²) in [6, 6.07) is 0. The van der Waals surface area contributed by atoms with Crippen molar-refractivity contribution in [3.63, 3.8) is 0 Å². The van der Waals surface area contributed by atoms with Gasteiger partial charge < -0.3 is 0 Å². The van der Waals surface area contributed by atoms with E-state index < -0.39 is 0 Å². The summed E-state index contributed by atoms with van der Waals surface area (Å²) in [5, 5.41) is 0. The van der Waals surface area contributed by atoms with E-state index in [-0.39, 0.29) is 0 Å². The zero-order valence-corrected chi connectivity index (χ0v) is 6.63. The Balaban J connectivity index is 3.59. The first-order chi connectivity index (χ1) is 4.81. The monoisotopic (exact) mass is 138 g/mol. The fourth-order valence-electron chi connectivity index (χ4n) is 0.522. The van der Waals surface area contributed by atoms with Crippen LogP contribution in [0.25, 0.3) is 0 Å². The topological polar surface area (TPSA) is 17.1 Å². The molecule has 1 nitrogen and oxygen atoms in total. The molecule has 0 aromatic heterocycles.